The Morgan fingerprint density at radius 1 is 1.25 bits per heavy atom. The van der Waals surface area contributed by atoms with Crippen molar-refractivity contribution in [2.75, 3.05) is 40.0 Å². The third-order valence-corrected chi connectivity index (χ3v) is 1.88. The first kappa shape index (κ1) is 15.3. The zero-order chi connectivity index (χ0) is 12.2. The van der Waals surface area contributed by atoms with Crippen LogP contribution in [0.2, 0.25) is 0 Å². The van der Waals surface area contributed by atoms with Crippen LogP contribution in [0.15, 0.2) is 0 Å². The van der Waals surface area contributed by atoms with Crippen LogP contribution in [0.3, 0.4) is 0 Å². The fourth-order valence-corrected chi connectivity index (χ4v) is 1.07. The average Bonchev–Trinajstić information content (AvgIpc) is 2.23. The molecule has 0 aromatic carbocycles. The van der Waals surface area contributed by atoms with Crippen molar-refractivity contribution in [3.05, 3.63) is 0 Å². The fourth-order valence-electron chi connectivity index (χ4n) is 1.07. The highest BCUT2D eigenvalue weighted by Gasteiger charge is 1.99. The lowest BCUT2D eigenvalue weighted by Crippen LogP contribution is -2.31. The molecule has 0 aliphatic rings. The number of carbonyl (C=O) groups is 1. The molecule has 2 N–H and O–H groups in total. The van der Waals surface area contributed by atoms with Crippen molar-refractivity contribution in [2.45, 2.75) is 26.3 Å². The summed E-state index contributed by atoms with van der Waals surface area (Å²) in [6.45, 7) is 6.93. The molecule has 0 radical (unpaired) electrons. The van der Waals surface area contributed by atoms with Crippen molar-refractivity contribution in [3.63, 3.8) is 0 Å². The average molecular weight is 232 g/mol. The van der Waals surface area contributed by atoms with Gasteiger partial charge >= 0.3 is 0 Å². The standard InChI is InChI=1S/C11H24N2O3/c1-10(2)12-5-4-7-16-9-11(14)13-6-8-15-3/h10,12H,4-9H2,1-3H3,(H,13,14). The quantitative estimate of drug-likeness (QED) is 0.527. The molecule has 0 aromatic rings. The first-order valence-electron chi connectivity index (χ1n) is 5.73. The summed E-state index contributed by atoms with van der Waals surface area (Å²) < 4.78 is 10.0. The fraction of sp³-hybridized carbons (Fsp3) is 0.909. The van der Waals surface area contributed by atoms with Crippen LogP contribution in [0.4, 0.5) is 0 Å². The predicted octanol–water partition coefficient (Wildman–Crippen LogP) is 0.154. The summed E-state index contributed by atoms with van der Waals surface area (Å²) in [5.74, 6) is -0.0890. The molecule has 0 atom stereocenters. The van der Waals surface area contributed by atoms with Crippen molar-refractivity contribution >= 4 is 5.91 Å². The van der Waals surface area contributed by atoms with Crippen molar-refractivity contribution in [1.29, 1.82) is 0 Å². The first-order valence-corrected chi connectivity index (χ1v) is 5.73. The van der Waals surface area contributed by atoms with Crippen LogP contribution >= 0.6 is 0 Å². The summed E-state index contributed by atoms with van der Waals surface area (Å²) in [7, 11) is 1.60. The smallest absolute Gasteiger partial charge is 0.246 e. The highest BCUT2D eigenvalue weighted by atomic mass is 16.5. The minimum absolute atomic E-state index is 0.0890. The van der Waals surface area contributed by atoms with Crippen LogP contribution in [0.25, 0.3) is 0 Å². The molecule has 1 amide bonds. The van der Waals surface area contributed by atoms with Gasteiger partial charge in [-0.2, -0.15) is 0 Å². The number of carbonyl (C=O) groups excluding carboxylic acids is 1. The molecule has 0 saturated heterocycles. The molecule has 0 rings (SSSR count). The van der Waals surface area contributed by atoms with E-state index in [0.717, 1.165) is 13.0 Å². The van der Waals surface area contributed by atoms with Gasteiger partial charge in [-0.05, 0) is 13.0 Å². The number of amides is 1. The lowest BCUT2D eigenvalue weighted by Gasteiger charge is -2.08. The molecule has 96 valence electrons. The molecule has 5 nitrogen and oxygen atoms in total. The SMILES string of the molecule is COCCNC(=O)COCCCNC(C)C. The van der Waals surface area contributed by atoms with Gasteiger partial charge in [0.25, 0.3) is 0 Å². The van der Waals surface area contributed by atoms with E-state index >= 15 is 0 Å². The van der Waals surface area contributed by atoms with Crippen LogP contribution in [0.1, 0.15) is 20.3 Å². The molecule has 0 fully saturated rings. The molecule has 0 bridgehead atoms. The third kappa shape index (κ3) is 11.4. The summed E-state index contributed by atoms with van der Waals surface area (Å²) in [6, 6.07) is 0.498. The number of hydrogen-bond acceptors (Lipinski definition) is 4. The van der Waals surface area contributed by atoms with E-state index in [2.05, 4.69) is 24.5 Å². The monoisotopic (exact) mass is 232 g/mol. The number of nitrogens with one attached hydrogen (secondary N) is 2. The Kier molecular flexibility index (Phi) is 10.4. The maximum atomic E-state index is 11.2. The Hall–Kier alpha value is -0.650. The van der Waals surface area contributed by atoms with Crippen LogP contribution < -0.4 is 10.6 Å². The van der Waals surface area contributed by atoms with E-state index < -0.39 is 0 Å². The summed E-state index contributed by atoms with van der Waals surface area (Å²) in [5.41, 5.74) is 0. The van der Waals surface area contributed by atoms with Gasteiger partial charge in [0.05, 0.1) is 6.61 Å². The molecule has 0 spiro atoms. The van der Waals surface area contributed by atoms with Gasteiger partial charge in [0.2, 0.25) is 5.91 Å². The molecule has 0 aromatic heterocycles. The van der Waals surface area contributed by atoms with Crippen molar-refractivity contribution < 1.29 is 14.3 Å². The van der Waals surface area contributed by atoms with E-state index in [0.29, 0.717) is 25.8 Å². The van der Waals surface area contributed by atoms with Crippen LogP contribution in [-0.4, -0.2) is 52.0 Å². The number of rotatable bonds is 10. The third-order valence-electron chi connectivity index (χ3n) is 1.88. The Morgan fingerprint density at radius 3 is 2.62 bits per heavy atom. The van der Waals surface area contributed by atoms with Gasteiger partial charge in [-0.1, -0.05) is 13.8 Å². The Morgan fingerprint density at radius 2 is 2.00 bits per heavy atom. The highest BCUT2D eigenvalue weighted by molar-refractivity contribution is 5.77. The van der Waals surface area contributed by atoms with E-state index in [1.165, 1.54) is 0 Å². The summed E-state index contributed by atoms with van der Waals surface area (Å²) >= 11 is 0. The second kappa shape index (κ2) is 10.9. The normalized spacial score (nSPS) is 10.8. The molecule has 0 aliphatic carbocycles. The second-order valence-electron chi connectivity index (χ2n) is 3.86. The summed E-state index contributed by atoms with van der Waals surface area (Å²) in [6.07, 6.45) is 0.920. The van der Waals surface area contributed by atoms with E-state index in [-0.39, 0.29) is 12.5 Å². The van der Waals surface area contributed by atoms with Crippen LogP contribution in [0.5, 0.6) is 0 Å². The largest absolute Gasteiger partial charge is 0.383 e. The van der Waals surface area contributed by atoms with E-state index in [4.69, 9.17) is 9.47 Å². The number of hydrogen-bond donors (Lipinski definition) is 2. The number of methoxy groups -OCH3 is 1. The Labute approximate surface area is 97.9 Å². The van der Waals surface area contributed by atoms with E-state index in [1.807, 2.05) is 0 Å². The van der Waals surface area contributed by atoms with Gasteiger partial charge in [0.1, 0.15) is 6.61 Å². The Balaban J connectivity index is 3.15. The van der Waals surface area contributed by atoms with Gasteiger partial charge in [0.15, 0.2) is 0 Å². The van der Waals surface area contributed by atoms with Gasteiger partial charge < -0.3 is 20.1 Å². The van der Waals surface area contributed by atoms with Gasteiger partial charge in [-0.25, -0.2) is 0 Å². The van der Waals surface area contributed by atoms with E-state index in [9.17, 15) is 4.79 Å². The van der Waals surface area contributed by atoms with Gasteiger partial charge in [-0.3, -0.25) is 4.79 Å². The van der Waals surface area contributed by atoms with Gasteiger partial charge in [0, 0.05) is 26.3 Å². The molecule has 0 aliphatic heterocycles. The maximum Gasteiger partial charge on any atom is 0.246 e. The van der Waals surface area contributed by atoms with Crippen LogP contribution in [0, 0.1) is 0 Å². The highest BCUT2D eigenvalue weighted by Crippen LogP contribution is 1.83. The molecule has 5 heteroatoms. The zero-order valence-corrected chi connectivity index (χ0v) is 10.5. The minimum Gasteiger partial charge on any atom is -0.383 e. The topological polar surface area (TPSA) is 59.6 Å². The van der Waals surface area contributed by atoms with E-state index in [1.54, 1.807) is 7.11 Å². The van der Waals surface area contributed by atoms with Crippen molar-refractivity contribution in [2.24, 2.45) is 0 Å². The molecule has 0 unspecified atom stereocenters. The summed E-state index contributed by atoms with van der Waals surface area (Å²) in [4.78, 5) is 11.2. The minimum atomic E-state index is -0.0890. The zero-order valence-electron chi connectivity index (χ0n) is 10.5. The molecular weight excluding hydrogens is 208 g/mol. The van der Waals surface area contributed by atoms with Crippen LogP contribution in [-0.2, 0) is 14.3 Å². The molecular formula is C11H24N2O3. The number of ether oxygens (including phenoxy) is 2. The predicted molar refractivity (Wildman–Crippen MR) is 63.5 cm³/mol. The molecule has 0 saturated carbocycles. The maximum absolute atomic E-state index is 11.2. The first-order chi connectivity index (χ1) is 7.66. The second-order valence-corrected chi connectivity index (χ2v) is 3.86. The lowest BCUT2D eigenvalue weighted by atomic mass is 10.3. The molecule has 0 heterocycles. The van der Waals surface area contributed by atoms with Crippen molar-refractivity contribution in [3.8, 4) is 0 Å². The van der Waals surface area contributed by atoms with Crippen molar-refractivity contribution in [1.82, 2.24) is 10.6 Å². The lowest BCUT2D eigenvalue weighted by molar-refractivity contribution is -0.125. The summed E-state index contributed by atoms with van der Waals surface area (Å²) in [5, 5.41) is 5.97. The Bertz CT molecular complexity index is 175. The van der Waals surface area contributed by atoms with Gasteiger partial charge in [-0.15, -0.1) is 0 Å². The molecule has 16 heavy (non-hydrogen) atoms.